The number of aromatic amines is 1. The maximum absolute atomic E-state index is 12.6. The van der Waals surface area contributed by atoms with Gasteiger partial charge in [0.1, 0.15) is 5.75 Å². The van der Waals surface area contributed by atoms with E-state index >= 15 is 0 Å². The summed E-state index contributed by atoms with van der Waals surface area (Å²) in [6.45, 7) is 5.31. The normalized spacial score (nSPS) is 10.3. The molecular formula is C24H22N2O4. The Kier molecular flexibility index (Phi) is 6.33. The molecule has 6 heteroatoms. The van der Waals surface area contributed by atoms with E-state index in [1.165, 1.54) is 0 Å². The molecule has 3 aromatic rings. The third-order valence-electron chi connectivity index (χ3n) is 4.77. The third-order valence-corrected chi connectivity index (χ3v) is 4.77. The summed E-state index contributed by atoms with van der Waals surface area (Å²) in [5.74, 6) is -0.128. The number of carbonyl (C=O) groups excluding carboxylic acids is 2. The summed E-state index contributed by atoms with van der Waals surface area (Å²) in [6.07, 6.45) is 0. The van der Waals surface area contributed by atoms with Crippen molar-refractivity contribution in [3.63, 3.8) is 0 Å². The second-order valence-corrected chi connectivity index (χ2v) is 6.77. The number of esters is 1. The van der Waals surface area contributed by atoms with Gasteiger partial charge in [-0.05, 0) is 61.7 Å². The number of nitrogens with zero attached hydrogens (tertiary/aromatic N) is 1. The molecule has 1 aromatic heterocycles. The SMILES string of the molecule is CCOC(=O)c1c(C)[nH]c(C(=O)COc2ccc(-c3ccc(C#N)cc3)cc2)c1C. The molecule has 0 saturated carbocycles. The molecule has 2 aromatic carbocycles. The fourth-order valence-electron chi connectivity index (χ4n) is 3.24. The lowest BCUT2D eigenvalue weighted by Crippen LogP contribution is -2.13. The molecule has 3 rings (SSSR count). The number of nitrogens with one attached hydrogen (secondary N) is 1. The number of benzene rings is 2. The molecule has 30 heavy (non-hydrogen) atoms. The van der Waals surface area contributed by atoms with Gasteiger partial charge in [0.25, 0.3) is 0 Å². The minimum absolute atomic E-state index is 0.154. The van der Waals surface area contributed by atoms with Crippen molar-refractivity contribution >= 4 is 11.8 Å². The number of hydrogen-bond acceptors (Lipinski definition) is 5. The standard InChI is InChI=1S/C24H22N2O4/c1-4-29-24(28)22-15(2)23(26-16(22)3)21(27)14-30-20-11-9-19(10-12-20)18-7-5-17(13-25)6-8-18/h5-12,26H,4,14H2,1-3H3. The van der Waals surface area contributed by atoms with Gasteiger partial charge in [0.2, 0.25) is 5.78 Å². The van der Waals surface area contributed by atoms with E-state index in [2.05, 4.69) is 11.1 Å². The molecule has 0 aliphatic rings. The van der Waals surface area contributed by atoms with Crippen LogP contribution in [0.2, 0.25) is 0 Å². The quantitative estimate of drug-likeness (QED) is 0.460. The van der Waals surface area contributed by atoms with Crippen molar-refractivity contribution in [3.05, 3.63) is 76.6 Å². The van der Waals surface area contributed by atoms with Crippen LogP contribution in [0.4, 0.5) is 0 Å². The topological polar surface area (TPSA) is 92.2 Å². The van der Waals surface area contributed by atoms with Crippen LogP contribution in [0.25, 0.3) is 11.1 Å². The molecule has 1 heterocycles. The molecule has 152 valence electrons. The van der Waals surface area contributed by atoms with E-state index in [1.807, 2.05) is 24.3 Å². The number of hydrogen-bond donors (Lipinski definition) is 1. The molecule has 0 unspecified atom stereocenters. The Labute approximate surface area is 175 Å². The van der Waals surface area contributed by atoms with Crippen LogP contribution in [0.3, 0.4) is 0 Å². The lowest BCUT2D eigenvalue weighted by Gasteiger charge is -2.07. The van der Waals surface area contributed by atoms with E-state index in [0.29, 0.717) is 33.8 Å². The monoisotopic (exact) mass is 402 g/mol. The van der Waals surface area contributed by atoms with Crippen LogP contribution in [0.1, 0.15) is 44.6 Å². The van der Waals surface area contributed by atoms with Crippen LogP contribution >= 0.6 is 0 Å². The molecule has 0 spiro atoms. The van der Waals surface area contributed by atoms with E-state index in [9.17, 15) is 9.59 Å². The molecule has 0 fully saturated rings. The zero-order chi connectivity index (χ0) is 21.7. The molecule has 0 saturated heterocycles. The molecule has 0 radical (unpaired) electrons. The van der Waals surface area contributed by atoms with Crippen LogP contribution in [-0.4, -0.2) is 30.0 Å². The highest BCUT2D eigenvalue weighted by Crippen LogP contribution is 2.24. The van der Waals surface area contributed by atoms with Crippen LogP contribution in [0, 0.1) is 25.2 Å². The second-order valence-electron chi connectivity index (χ2n) is 6.77. The number of Topliss-reactive ketones (excluding diaryl/α,β-unsaturated/α-hetero) is 1. The van der Waals surface area contributed by atoms with Crippen molar-refractivity contribution in [1.29, 1.82) is 5.26 Å². The Morgan fingerprint density at radius 2 is 1.60 bits per heavy atom. The summed E-state index contributed by atoms with van der Waals surface area (Å²) in [7, 11) is 0. The molecule has 0 atom stereocenters. The van der Waals surface area contributed by atoms with Gasteiger partial charge in [0.15, 0.2) is 6.61 Å². The summed E-state index contributed by atoms with van der Waals surface area (Å²) < 4.78 is 10.7. The van der Waals surface area contributed by atoms with Gasteiger partial charge >= 0.3 is 5.97 Å². The average molecular weight is 402 g/mol. The predicted molar refractivity (Wildman–Crippen MR) is 113 cm³/mol. The highest BCUT2D eigenvalue weighted by molar-refractivity contribution is 6.02. The van der Waals surface area contributed by atoms with Crippen LogP contribution in [-0.2, 0) is 4.74 Å². The first-order chi connectivity index (χ1) is 14.4. The zero-order valence-corrected chi connectivity index (χ0v) is 17.1. The van der Waals surface area contributed by atoms with Gasteiger partial charge in [-0.15, -0.1) is 0 Å². The zero-order valence-electron chi connectivity index (χ0n) is 17.1. The van der Waals surface area contributed by atoms with Crippen LogP contribution in [0.15, 0.2) is 48.5 Å². The minimum atomic E-state index is -0.442. The van der Waals surface area contributed by atoms with Crippen molar-refractivity contribution in [1.82, 2.24) is 4.98 Å². The summed E-state index contributed by atoms with van der Waals surface area (Å²) in [4.78, 5) is 27.7. The van der Waals surface area contributed by atoms with Crippen LogP contribution in [0.5, 0.6) is 5.75 Å². The van der Waals surface area contributed by atoms with E-state index in [-0.39, 0.29) is 19.0 Å². The second kappa shape index (κ2) is 9.10. The fourth-order valence-corrected chi connectivity index (χ4v) is 3.24. The number of H-pyrrole nitrogens is 1. The number of aromatic nitrogens is 1. The lowest BCUT2D eigenvalue weighted by molar-refractivity contribution is 0.0525. The highest BCUT2D eigenvalue weighted by Gasteiger charge is 2.23. The Bertz CT molecular complexity index is 1100. The molecule has 0 bridgehead atoms. The van der Waals surface area contributed by atoms with E-state index in [1.54, 1.807) is 45.0 Å². The largest absolute Gasteiger partial charge is 0.485 e. The summed E-state index contributed by atoms with van der Waals surface area (Å²) in [5, 5.41) is 8.89. The van der Waals surface area contributed by atoms with Crippen molar-refractivity contribution in [2.45, 2.75) is 20.8 Å². The molecule has 0 aliphatic carbocycles. The van der Waals surface area contributed by atoms with Gasteiger partial charge in [-0.3, -0.25) is 4.79 Å². The Morgan fingerprint density at radius 1 is 1.00 bits per heavy atom. The summed E-state index contributed by atoms with van der Waals surface area (Å²) in [6, 6.07) is 16.8. The number of rotatable bonds is 7. The first-order valence-corrected chi connectivity index (χ1v) is 9.57. The summed E-state index contributed by atoms with van der Waals surface area (Å²) >= 11 is 0. The average Bonchev–Trinajstić information content (AvgIpc) is 3.06. The number of nitriles is 1. The van der Waals surface area contributed by atoms with Gasteiger partial charge in [0.05, 0.1) is 29.5 Å². The van der Waals surface area contributed by atoms with Crippen LogP contribution < -0.4 is 4.74 Å². The highest BCUT2D eigenvalue weighted by atomic mass is 16.5. The first kappa shape index (κ1) is 20.9. The Hall–Kier alpha value is -3.85. The van der Waals surface area contributed by atoms with Gasteiger partial charge in [-0.2, -0.15) is 5.26 Å². The number of ketones is 1. The number of carbonyl (C=O) groups is 2. The summed E-state index contributed by atoms with van der Waals surface area (Å²) in [5.41, 5.74) is 4.49. The van der Waals surface area contributed by atoms with Crippen molar-refractivity contribution in [2.75, 3.05) is 13.2 Å². The lowest BCUT2D eigenvalue weighted by atomic mass is 10.0. The predicted octanol–water partition coefficient (Wildman–Crippen LogP) is 4.61. The minimum Gasteiger partial charge on any atom is -0.485 e. The molecule has 1 N–H and O–H groups in total. The van der Waals surface area contributed by atoms with Crippen molar-refractivity contribution in [3.8, 4) is 22.9 Å². The van der Waals surface area contributed by atoms with Crippen molar-refractivity contribution in [2.24, 2.45) is 0 Å². The smallest absolute Gasteiger partial charge is 0.340 e. The number of ether oxygens (including phenoxy) is 2. The maximum atomic E-state index is 12.6. The fraction of sp³-hybridized carbons (Fsp3) is 0.208. The van der Waals surface area contributed by atoms with E-state index in [0.717, 1.165) is 11.1 Å². The Morgan fingerprint density at radius 3 is 2.17 bits per heavy atom. The molecule has 0 aliphatic heterocycles. The van der Waals surface area contributed by atoms with E-state index in [4.69, 9.17) is 14.7 Å². The third kappa shape index (κ3) is 4.41. The van der Waals surface area contributed by atoms with Gasteiger partial charge < -0.3 is 14.5 Å². The Balaban J connectivity index is 1.67. The molecule has 6 nitrogen and oxygen atoms in total. The first-order valence-electron chi connectivity index (χ1n) is 9.57. The van der Waals surface area contributed by atoms with Gasteiger partial charge in [-0.1, -0.05) is 24.3 Å². The molecule has 0 amide bonds. The number of aryl methyl sites for hydroxylation is 1. The maximum Gasteiger partial charge on any atom is 0.340 e. The van der Waals surface area contributed by atoms with Gasteiger partial charge in [0, 0.05) is 5.69 Å². The van der Waals surface area contributed by atoms with Gasteiger partial charge in [-0.25, -0.2) is 4.79 Å². The molecular weight excluding hydrogens is 380 g/mol. The van der Waals surface area contributed by atoms with Crippen molar-refractivity contribution < 1.29 is 19.1 Å². The van der Waals surface area contributed by atoms with E-state index < -0.39 is 5.97 Å².